The maximum atomic E-state index is 12.8. The Morgan fingerprint density at radius 3 is 2.71 bits per heavy atom. The summed E-state index contributed by atoms with van der Waals surface area (Å²) < 4.78 is 6.93. The lowest BCUT2D eigenvalue weighted by atomic mass is 9.97. The SMILES string of the molecule is Cc1ccccc1CC(=O)N[C@H](c1cc(=O)n2[nH]c(C3CCOCC3)cc2n1)C(C)C. The van der Waals surface area contributed by atoms with E-state index in [2.05, 4.69) is 10.4 Å². The Hall–Kier alpha value is -2.93. The third-order valence-electron chi connectivity index (χ3n) is 6.07. The molecule has 3 heterocycles. The molecule has 1 aliphatic heterocycles. The third kappa shape index (κ3) is 4.71. The lowest BCUT2D eigenvalue weighted by Gasteiger charge is -2.22. The first kappa shape index (κ1) is 21.3. The number of aromatic amines is 1. The molecule has 7 nitrogen and oxygen atoms in total. The number of rotatable bonds is 6. The van der Waals surface area contributed by atoms with Gasteiger partial charge in [-0.1, -0.05) is 38.1 Å². The molecular formula is C24H30N4O3. The van der Waals surface area contributed by atoms with Crippen molar-refractivity contribution in [1.29, 1.82) is 0 Å². The van der Waals surface area contributed by atoms with E-state index in [-0.39, 0.29) is 23.4 Å². The number of amides is 1. The standard InChI is InChI=1S/C24H30N4O3/c1-15(2)24(26-22(29)12-18-7-5-4-6-16(18)3)20-14-23(30)28-21(25-20)13-19(27-28)17-8-10-31-11-9-17/h4-7,13-15,17,24,27H,8-12H2,1-3H3,(H,26,29)/t24-/m0/s1. The van der Waals surface area contributed by atoms with Gasteiger partial charge in [0, 0.05) is 37.0 Å². The van der Waals surface area contributed by atoms with Crippen molar-refractivity contribution in [2.75, 3.05) is 13.2 Å². The fourth-order valence-electron chi connectivity index (χ4n) is 4.19. The molecule has 1 aliphatic rings. The zero-order valence-corrected chi connectivity index (χ0v) is 18.4. The first-order valence-electron chi connectivity index (χ1n) is 11.0. The number of H-pyrrole nitrogens is 1. The second-order valence-electron chi connectivity index (χ2n) is 8.70. The molecule has 0 bridgehead atoms. The molecule has 0 saturated carbocycles. The Balaban J connectivity index is 1.58. The minimum absolute atomic E-state index is 0.0769. The van der Waals surface area contributed by atoms with Crippen LogP contribution in [0.25, 0.3) is 5.65 Å². The van der Waals surface area contributed by atoms with Crippen LogP contribution in [0.1, 0.15) is 61.2 Å². The van der Waals surface area contributed by atoms with Crippen LogP contribution in [0.5, 0.6) is 0 Å². The first-order valence-corrected chi connectivity index (χ1v) is 11.0. The number of nitrogens with one attached hydrogen (secondary N) is 2. The number of carbonyl (C=O) groups excluding carboxylic acids is 1. The molecule has 1 aromatic carbocycles. The second kappa shape index (κ2) is 9.06. The summed E-state index contributed by atoms with van der Waals surface area (Å²) in [7, 11) is 0. The summed E-state index contributed by atoms with van der Waals surface area (Å²) in [6.45, 7) is 7.51. The summed E-state index contributed by atoms with van der Waals surface area (Å²) in [5, 5.41) is 6.30. The summed E-state index contributed by atoms with van der Waals surface area (Å²) in [6, 6.07) is 11.0. The van der Waals surface area contributed by atoms with Crippen molar-refractivity contribution in [2.24, 2.45) is 5.92 Å². The Morgan fingerprint density at radius 2 is 2.00 bits per heavy atom. The monoisotopic (exact) mass is 422 g/mol. The predicted octanol–water partition coefficient (Wildman–Crippen LogP) is 3.28. The Morgan fingerprint density at radius 1 is 1.26 bits per heavy atom. The van der Waals surface area contributed by atoms with Crippen LogP contribution < -0.4 is 10.9 Å². The molecule has 31 heavy (non-hydrogen) atoms. The van der Waals surface area contributed by atoms with Crippen molar-refractivity contribution < 1.29 is 9.53 Å². The largest absolute Gasteiger partial charge is 0.381 e. The van der Waals surface area contributed by atoms with Crippen molar-refractivity contribution in [3.63, 3.8) is 0 Å². The number of nitrogens with zero attached hydrogens (tertiary/aromatic N) is 2. The van der Waals surface area contributed by atoms with Gasteiger partial charge in [0.2, 0.25) is 5.91 Å². The fraction of sp³-hybridized carbons (Fsp3) is 0.458. The predicted molar refractivity (Wildman–Crippen MR) is 119 cm³/mol. The average molecular weight is 423 g/mol. The van der Waals surface area contributed by atoms with Gasteiger partial charge in [0.05, 0.1) is 18.2 Å². The second-order valence-corrected chi connectivity index (χ2v) is 8.70. The molecule has 2 N–H and O–H groups in total. The van der Waals surface area contributed by atoms with Gasteiger partial charge in [0.15, 0.2) is 5.65 Å². The third-order valence-corrected chi connectivity index (χ3v) is 6.07. The van der Waals surface area contributed by atoms with Crippen LogP contribution in [0.3, 0.4) is 0 Å². The van der Waals surface area contributed by atoms with Crippen LogP contribution in [0.15, 0.2) is 41.2 Å². The molecule has 7 heteroatoms. The summed E-state index contributed by atoms with van der Waals surface area (Å²) in [5.41, 5.74) is 4.10. The van der Waals surface area contributed by atoms with Crippen molar-refractivity contribution in [2.45, 2.75) is 52.0 Å². The van der Waals surface area contributed by atoms with Gasteiger partial charge in [-0.2, -0.15) is 0 Å². The van der Waals surface area contributed by atoms with Gasteiger partial charge in [-0.3, -0.25) is 14.7 Å². The normalized spacial score (nSPS) is 16.0. The van der Waals surface area contributed by atoms with Gasteiger partial charge in [0.1, 0.15) is 0 Å². The summed E-state index contributed by atoms with van der Waals surface area (Å²) in [6.07, 6.45) is 2.16. The van der Waals surface area contributed by atoms with Crippen LogP contribution in [0, 0.1) is 12.8 Å². The molecule has 0 aliphatic carbocycles. The van der Waals surface area contributed by atoms with Crippen LogP contribution in [0.2, 0.25) is 0 Å². The van der Waals surface area contributed by atoms with E-state index in [0.717, 1.165) is 42.9 Å². The molecule has 1 amide bonds. The molecule has 2 aromatic heterocycles. The Bertz CT molecular complexity index is 1130. The van der Waals surface area contributed by atoms with E-state index in [1.54, 1.807) is 0 Å². The molecule has 3 aromatic rings. The first-order chi connectivity index (χ1) is 14.9. The Labute approximate surface area is 181 Å². The van der Waals surface area contributed by atoms with Crippen LogP contribution in [0.4, 0.5) is 0 Å². The highest BCUT2D eigenvalue weighted by atomic mass is 16.5. The number of aryl methyl sites for hydroxylation is 1. The fourth-order valence-corrected chi connectivity index (χ4v) is 4.19. The molecule has 0 spiro atoms. The summed E-state index contributed by atoms with van der Waals surface area (Å²) >= 11 is 0. The zero-order chi connectivity index (χ0) is 22.0. The highest BCUT2D eigenvalue weighted by molar-refractivity contribution is 5.79. The lowest BCUT2D eigenvalue weighted by Crippen LogP contribution is -2.34. The Kier molecular flexibility index (Phi) is 6.23. The van der Waals surface area contributed by atoms with E-state index >= 15 is 0 Å². The van der Waals surface area contributed by atoms with Gasteiger partial charge in [-0.15, -0.1) is 0 Å². The highest BCUT2D eigenvalue weighted by Gasteiger charge is 2.23. The topological polar surface area (TPSA) is 88.5 Å². The quantitative estimate of drug-likeness (QED) is 0.638. The van der Waals surface area contributed by atoms with E-state index in [1.165, 1.54) is 10.6 Å². The maximum absolute atomic E-state index is 12.8. The molecular weight excluding hydrogens is 392 g/mol. The number of ether oxygens (including phenoxy) is 1. The minimum Gasteiger partial charge on any atom is -0.381 e. The van der Waals surface area contributed by atoms with Gasteiger partial charge in [0.25, 0.3) is 5.56 Å². The van der Waals surface area contributed by atoms with E-state index in [0.29, 0.717) is 23.7 Å². The maximum Gasteiger partial charge on any atom is 0.272 e. The number of hydrogen-bond donors (Lipinski definition) is 2. The van der Waals surface area contributed by atoms with E-state index in [9.17, 15) is 9.59 Å². The molecule has 1 saturated heterocycles. The number of fused-ring (bicyclic) bond motifs is 1. The molecule has 0 radical (unpaired) electrons. The van der Waals surface area contributed by atoms with Crippen molar-refractivity contribution in [1.82, 2.24) is 19.9 Å². The van der Waals surface area contributed by atoms with Gasteiger partial charge >= 0.3 is 0 Å². The zero-order valence-electron chi connectivity index (χ0n) is 18.4. The van der Waals surface area contributed by atoms with Crippen LogP contribution in [-0.4, -0.2) is 33.7 Å². The molecule has 1 fully saturated rings. The van der Waals surface area contributed by atoms with Crippen molar-refractivity contribution in [3.05, 3.63) is 69.3 Å². The number of carbonyl (C=O) groups is 1. The highest BCUT2D eigenvalue weighted by Crippen LogP contribution is 2.27. The van der Waals surface area contributed by atoms with Gasteiger partial charge in [-0.05, 0) is 36.8 Å². The van der Waals surface area contributed by atoms with Crippen molar-refractivity contribution in [3.8, 4) is 0 Å². The molecule has 1 atom stereocenters. The minimum atomic E-state index is -0.337. The average Bonchev–Trinajstić information content (AvgIpc) is 3.19. The number of benzene rings is 1. The number of aromatic nitrogens is 3. The van der Waals surface area contributed by atoms with Crippen LogP contribution >= 0.6 is 0 Å². The smallest absolute Gasteiger partial charge is 0.272 e. The summed E-state index contributed by atoms with van der Waals surface area (Å²) in [5.74, 6) is 0.351. The van der Waals surface area contributed by atoms with E-state index in [4.69, 9.17) is 9.72 Å². The lowest BCUT2D eigenvalue weighted by molar-refractivity contribution is -0.121. The van der Waals surface area contributed by atoms with E-state index in [1.807, 2.05) is 51.1 Å². The van der Waals surface area contributed by atoms with Gasteiger partial charge in [-0.25, -0.2) is 9.50 Å². The molecule has 4 rings (SSSR count). The number of hydrogen-bond acceptors (Lipinski definition) is 4. The molecule has 164 valence electrons. The molecule has 0 unspecified atom stereocenters. The van der Waals surface area contributed by atoms with Gasteiger partial charge < -0.3 is 10.1 Å². The van der Waals surface area contributed by atoms with Crippen LogP contribution in [-0.2, 0) is 16.0 Å². The van der Waals surface area contributed by atoms with Crippen molar-refractivity contribution >= 4 is 11.6 Å². The summed E-state index contributed by atoms with van der Waals surface area (Å²) in [4.78, 5) is 30.3. The van der Waals surface area contributed by atoms with E-state index < -0.39 is 0 Å².